The van der Waals surface area contributed by atoms with Gasteiger partial charge in [-0.15, -0.1) is 0 Å². The fraction of sp³-hybridized carbons (Fsp3) is 0.545. The van der Waals surface area contributed by atoms with Gasteiger partial charge in [-0.1, -0.05) is 13.8 Å². The number of pyridine rings is 1. The second-order valence-electron chi connectivity index (χ2n) is 5.15. The van der Waals surface area contributed by atoms with E-state index in [4.69, 9.17) is 5.73 Å². The van der Waals surface area contributed by atoms with E-state index < -0.39 is 10.0 Å². The van der Waals surface area contributed by atoms with Gasteiger partial charge in [0.25, 0.3) is 10.0 Å². The third-order valence-corrected chi connectivity index (χ3v) is 4.85. The first-order valence-corrected chi connectivity index (χ1v) is 6.98. The molecule has 94 valence electrons. The zero-order valence-electron chi connectivity index (χ0n) is 10.0. The number of nitrogens with zero attached hydrogens (tertiary/aromatic N) is 2. The molecule has 2 N–H and O–H groups in total. The first-order chi connectivity index (χ1) is 7.83. The van der Waals surface area contributed by atoms with Crippen molar-refractivity contribution in [1.82, 2.24) is 9.29 Å². The molecule has 0 spiro atoms. The first-order valence-electron chi connectivity index (χ1n) is 5.54. The SMILES string of the molecule is CC1(C)CCN(S(=O)(=O)c2ncccc2N)C1. The van der Waals surface area contributed by atoms with Gasteiger partial charge in [-0.2, -0.15) is 4.31 Å². The van der Waals surface area contributed by atoms with E-state index in [9.17, 15) is 8.42 Å². The number of rotatable bonds is 2. The minimum Gasteiger partial charge on any atom is -0.396 e. The Morgan fingerprint density at radius 1 is 1.47 bits per heavy atom. The largest absolute Gasteiger partial charge is 0.396 e. The zero-order valence-corrected chi connectivity index (χ0v) is 10.9. The molecule has 0 bridgehead atoms. The highest BCUT2D eigenvalue weighted by molar-refractivity contribution is 7.89. The molecule has 1 aromatic heterocycles. The molecule has 0 atom stereocenters. The van der Waals surface area contributed by atoms with Gasteiger partial charge in [-0.3, -0.25) is 0 Å². The molecule has 1 fully saturated rings. The molecular weight excluding hydrogens is 238 g/mol. The Balaban J connectivity index is 2.36. The molecule has 1 saturated heterocycles. The number of hydrogen-bond donors (Lipinski definition) is 1. The lowest BCUT2D eigenvalue weighted by atomic mass is 9.93. The predicted molar refractivity (Wildman–Crippen MR) is 65.8 cm³/mol. The van der Waals surface area contributed by atoms with E-state index in [1.54, 1.807) is 12.1 Å². The fourth-order valence-corrected chi connectivity index (χ4v) is 3.66. The second kappa shape index (κ2) is 3.96. The highest BCUT2D eigenvalue weighted by Crippen LogP contribution is 2.33. The first kappa shape index (κ1) is 12.3. The van der Waals surface area contributed by atoms with Crippen LogP contribution in [0.15, 0.2) is 23.4 Å². The third-order valence-electron chi connectivity index (χ3n) is 3.03. The van der Waals surface area contributed by atoms with E-state index in [1.165, 1.54) is 10.5 Å². The minimum absolute atomic E-state index is 0.0244. The van der Waals surface area contributed by atoms with Crippen molar-refractivity contribution < 1.29 is 8.42 Å². The van der Waals surface area contributed by atoms with E-state index in [-0.39, 0.29) is 16.1 Å². The van der Waals surface area contributed by atoms with Crippen LogP contribution in [0.3, 0.4) is 0 Å². The van der Waals surface area contributed by atoms with Crippen molar-refractivity contribution in [2.45, 2.75) is 25.3 Å². The van der Waals surface area contributed by atoms with Crippen LogP contribution < -0.4 is 5.73 Å². The lowest BCUT2D eigenvalue weighted by Gasteiger charge is -2.19. The molecule has 1 aliphatic heterocycles. The van der Waals surface area contributed by atoms with Gasteiger partial charge in [-0.05, 0) is 24.0 Å². The van der Waals surface area contributed by atoms with Crippen LogP contribution in [0.4, 0.5) is 5.69 Å². The van der Waals surface area contributed by atoms with E-state index in [2.05, 4.69) is 18.8 Å². The molecule has 2 heterocycles. The lowest BCUT2D eigenvalue weighted by molar-refractivity contribution is 0.375. The number of anilines is 1. The predicted octanol–water partition coefficient (Wildman–Crippen LogP) is 1.08. The number of nitrogen functional groups attached to an aromatic ring is 1. The average molecular weight is 255 g/mol. The van der Waals surface area contributed by atoms with Crippen molar-refractivity contribution in [1.29, 1.82) is 0 Å². The quantitative estimate of drug-likeness (QED) is 0.858. The molecule has 0 saturated carbocycles. The van der Waals surface area contributed by atoms with Crippen LogP contribution in [0.1, 0.15) is 20.3 Å². The summed E-state index contributed by atoms with van der Waals surface area (Å²) in [6.45, 7) is 5.17. The summed E-state index contributed by atoms with van der Waals surface area (Å²) < 4.78 is 26.1. The van der Waals surface area contributed by atoms with Gasteiger partial charge >= 0.3 is 0 Å². The van der Waals surface area contributed by atoms with Crippen molar-refractivity contribution in [2.75, 3.05) is 18.8 Å². The molecule has 6 heteroatoms. The van der Waals surface area contributed by atoms with Gasteiger partial charge in [0.15, 0.2) is 5.03 Å². The molecular formula is C11H17N3O2S. The van der Waals surface area contributed by atoms with Gasteiger partial charge in [0.1, 0.15) is 0 Å². The summed E-state index contributed by atoms with van der Waals surface area (Å²) in [6, 6.07) is 3.18. The maximum absolute atomic E-state index is 12.3. The number of aromatic nitrogens is 1. The topological polar surface area (TPSA) is 76.3 Å². The maximum Gasteiger partial charge on any atom is 0.262 e. The normalized spacial score (nSPS) is 20.6. The van der Waals surface area contributed by atoms with Crippen LogP contribution in [0.5, 0.6) is 0 Å². The summed E-state index contributed by atoms with van der Waals surface area (Å²) in [4.78, 5) is 3.89. The Kier molecular flexibility index (Phi) is 2.87. The monoisotopic (exact) mass is 255 g/mol. The van der Waals surface area contributed by atoms with Gasteiger partial charge in [-0.25, -0.2) is 13.4 Å². The smallest absolute Gasteiger partial charge is 0.262 e. The number of hydrogen-bond acceptors (Lipinski definition) is 4. The summed E-state index contributed by atoms with van der Waals surface area (Å²) in [5.41, 5.74) is 5.90. The second-order valence-corrected chi connectivity index (χ2v) is 7.00. The molecule has 1 aromatic rings. The van der Waals surface area contributed by atoms with Gasteiger partial charge in [0, 0.05) is 19.3 Å². The van der Waals surface area contributed by atoms with Gasteiger partial charge in [0.05, 0.1) is 5.69 Å². The molecule has 1 aliphatic rings. The van der Waals surface area contributed by atoms with Crippen molar-refractivity contribution in [2.24, 2.45) is 5.41 Å². The van der Waals surface area contributed by atoms with Crippen LogP contribution >= 0.6 is 0 Å². The van der Waals surface area contributed by atoms with Crippen LogP contribution in [0.25, 0.3) is 0 Å². The van der Waals surface area contributed by atoms with E-state index in [1.807, 2.05) is 0 Å². The Bertz CT molecular complexity index is 525. The molecule has 2 rings (SSSR count). The van der Waals surface area contributed by atoms with Crippen molar-refractivity contribution in [3.05, 3.63) is 18.3 Å². The molecule has 5 nitrogen and oxygen atoms in total. The summed E-state index contributed by atoms with van der Waals surface area (Å²) in [5, 5.41) is -0.0299. The maximum atomic E-state index is 12.3. The van der Waals surface area contributed by atoms with Crippen LogP contribution in [-0.2, 0) is 10.0 Å². The fourth-order valence-electron chi connectivity index (χ4n) is 2.01. The number of nitrogens with two attached hydrogens (primary N) is 1. The molecule has 0 radical (unpaired) electrons. The molecule has 0 amide bonds. The highest BCUT2D eigenvalue weighted by atomic mass is 32.2. The van der Waals surface area contributed by atoms with Crippen LogP contribution in [0, 0.1) is 5.41 Å². The Hall–Kier alpha value is -1.14. The Morgan fingerprint density at radius 2 is 2.18 bits per heavy atom. The number of sulfonamides is 1. The zero-order chi connectivity index (χ0) is 12.7. The lowest BCUT2D eigenvalue weighted by Crippen LogP contribution is -2.31. The standard InChI is InChI=1S/C11H17N3O2S/c1-11(2)5-7-14(8-11)17(15,16)10-9(12)4-3-6-13-10/h3-4,6H,5,7-8,12H2,1-2H3. The Labute approximate surface area is 102 Å². The summed E-state index contributed by atoms with van der Waals surface area (Å²) in [5.74, 6) is 0. The van der Waals surface area contributed by atoms with Crippen molar-refractivity contribution in [3.8, 4) is 0 Å². The van der Waals surface area contributed by atoms with E-state index in [0.29, 0.717) is 13.1 Å². The molecule has 17 heavy (non-hydrogen) atoms. The third kappa shape index (κ3) is 2.28. The van der Waals surface area contributed by atoms with Gasteiger partial charge in [0.2, 0.25) is 0 Å². The Morgan fingerprint density at radius 3 is 2.71 bits per heavy atom. The van der Waals surface area contributed by atoms with Crippen LogP contribution in [0.2, 0.25) is 0 Å². The van der Waals surface area contributed by atoms with E-state index in [0.717, 1.165) is 6.42 Å². The van der Waals surface area contributed by atoms with Crippen LogP contribution in [-0.4, -0.2) is 30.8 Å². The van der Waals surface area contributed by atoms with Crippen molar-refractivity contribution >= 4 is 15.7 Å². The van der Waals surface area contributed by atoms with E-state index >= 15 is 0 Å². The summed E-state index contributed by atoms with van der Waals surface area (Å²) in [6.07, 6.45) is 2.31. The summed E-state index contributed by atoms with van der Waals surface area (Å²) >= 11 is 0. The molecule has 0 aromatic carbocycles. The molecule has 0 unspecified atom stereocenters. The molecule has 0 aliphatic carbocycles. The van der Waals surface area contributed by atoms with Crippen molar-refractivity contribution in [3.63, 3.8) is 0 Å². The minimum atomic E-state index is -3.54. The summed E-state index contributed by atoms with van der Waals surface area (Å²) in [7, 11) is -3.54. The highest BCUT2D eigenvalue weighted by Gasteiger charge is 2.38. The average Bonchev–Trinajstić information content (AvgIpc) is 2.60. The van der Waals surface area contributed by atoms with Gasteiger partial charge < -0.3 is 5.73 Å².